The number of carbonyl (C=O) groups is 2. The van der Waals surface area contributed by atoms with Crippen LogP contribution >= 0.6 is 0 Å². The molecule has 0 amide bonds. The van der Waals surface area contributed by atoms with E-state index in [1.807, 2.05) is 0 Å². The molecule has 0 heterocycles. The van der Waals surface area contributed by atoms with Gasteiger partial charge in [0.05, 0.1) is 17.4 Å². The molecule has 126 valence electrons. The number of carbonyl (C=O) groups excluding carboxylic acids is 1. The minimum absolute atomic E-state index is 0.0122. The zero-order chi connectivity index (χ0) is 17.6. The normalized spacial score (nSPS) is 12.7. The molecule has 0 radical (unpaired) electrons. The van der Waals surface area contributed by atoms with Crippen LogP contribution in [0.1, 0.15) is 12.0 Å². The van der Waals surface area contributed by atoms with Gasteiger partial charge in [-0.25, -0.2) is 8.42 Å². The number of carboxylic acids is 1. The number of rotatable bonds is 8. The maximum atomic E-state index is 12.9. The molecule has 0 bridgehead atoms. The Kier molecular flexibility index (Phi) is 5.83. The van der Waals surface area contributed by atoms with Crippen molar-refractivity contribution in [2.24, 2.45) is 0 Å². The Labute approximate surface area is 140 Å². The summed E-state index contributed by atoms with van der Waals surface area (Å²) in [5, 5.41) is 8.99. The van der Waals surface area contributed by atoms with E-state index in [9.17, 15) is 18.0 Å². The Balaban J connectivity index is 2.45. The van der Waals surface area contributed by atoms with Gasteiger partial charge < -0.3 is 9.90 Å². The Hall–Kier alpha value is -2.51. The lowest BCUT2D eigenvalue weighted by atomic mass is 10.2. The monoisotopic (exact) mass is 347 g/mol. The molecule has 0 aromatic heterocycles. The van der Waals surface area contributed by atoms with Crippen molar-refractivity contribution in [1.82, 2.24) is 4.31 Å². The number of nitrogens with zero attached hydrogens (tertiary/aromatic N) is 1. The zero-order valence-electron chi connectivity index (χ0n) is 12.8. The third kappa shape index (κ3) is 4.27. The zero-order valence-corrected chi connectivity index (χ0v) is 13.6. The van der Waals surface area contributed by atoms with Gasteiger partial charge in [-0.15, -0.1) is 0 Å². The van der Waals surface area contributed by atoms with Gasteiger partial charge in [0.2, 0.25) is 10.0 Å². The molecule has 2 rings (SSSR count). The van der Waals surface area contributed by atoms with Crippen LogP contribution in [0.5, 0.6) is 0 Å². The van der Waals surface area contributed by atoms with Gasteiger partial charge in [-0.1, -0.05) is 48.5 Å². The van der Waals surface area contributed by atoms with Gasteiger partial charge in [0.15, 0.2) is 0 Å². The fourth-order valence-corrected chi connectivity index (χ4v) is 3.84. The maximum absolute atomic E-state index is 12.9. The third-order valence-corrected chi connectivity index (χ3v) is 5.33. The highest BCUT2D eigenvalue weighted by molar-refractivity contribution is 7.89. The van der Waals surface area contributed by atoms with Crippen molar-refractivity contribution in [3.8, 4) is 0 Å². The number of hydrogen-bond donors (Lipinski definition) is 1. The van der Waals surface area contributed by atoms with E-state index in [2.05, 4.69) is 0 Å². The minimum Gasteiger partial charge on any atom is -0.481 e. The standard InChI is InChI=1S/C17H17NO5S/c19-13-15(11-17(20)21)18(12-14-7-3-1-4-8-14)24(22,23)16-9-5-2-6-10-16/h1-10,13,15H,11-12H2,(H,20,21)/t15-/m0/s1. The molecule has 1 N–H and O–H groups in total. The van der Waals surface area contributed by atoms with Crippen LogP contribution in [0.3, 0.4) is 0 Å². The highest BCUT2D eigenvalue weighted by Gasteiger charge is 2.32. The van der Waals surface area contributed by atoms with Gasteiger partial charge in [0, 0.05) is 6.54 Å². The van der Waals surface area contributed by atoms with Crippen LogP contribution in [0, 0.1) is 0 Å². The molecule has 1 atom stereocenters. The van der Waals surface area contributed by atoms with Gasteiger partial charge in [0.25, 0.3) is 0 Å². The molecule has 0 aliphatic rings. The summed E-state index contributed by atoms with van der Waals surface area (Å²) in [4.78, 5) is 22.4. The second kappa shape index (κ2) is 7.85. The minimum atomic E-state index is -4.02. The van der Waals surface area contributed by atoms with Crippen LogP contribution < -0.4 is 0 Å². The largest absolute Gasteiger partial charge is 0.481 e. The first kappa shape index (κ1) is 17.8. The fraction of sp³-hybridized carbons (Fsp3) is 0.176. The Morgan fingerprint density at radius 3 is 2.08 bits per heavy atom. The molecule has 0 unspecified atom stereocenters. The quantitative estimate of drug-likeness (QED) is 0.737. The molecule has 0 aliphatic carbocycles. The van der Waals surface area contributed by atoms with E-state index in [-0.39, 0.29) is 11.4 Å². The van der Waals surface area contributed by atoms with E-state index in [0.717, 1.165) is 4.31 Å². The smallest absolute Gasteiger partial charge is 0.305 e. The Morgan fingerprint density at radius 1 is 1.04 bits per heavy atom. The third-order valence-electron chi connectivity index (χ3n) is 3.44. The van der Waals surface area contributed by atoms with E-state index in [4.69, 9.17) is 5.11 Å². The summed E-state index contributed by atoms with van der Waals surface area (Å²) in [5.41, 5.74) is 0.661. The summed E-state index contributed by atoms with van der Waals surface area (Å²) in [6, 6.07) is 15.1. The lowest BCUT2D eigenvalue weighted by molar-refractivity contribution is -0.139. The highest BCUT2D eigenvalue weighted by atomic mass is 32.2. The summed E-state index contributed by atoms with van der Waals surface area (Å²) >= 11 is 0. The summed E-state index contributed by atoms with van der Waals surface area (Å²) < 4.78 is 26.7. The SMILES string of the molecule is O=C[C@H](CC(=O)O)N(Cc1ccccc1)S(=O)(=O)c1ccccc1. The molecule has 6 nitrogen and oxygen atoms in total. The van der Waals surface area contributed by atoms with E-state index in [1.165, 1.54) is 12.1 Å². The van der Waals surface area contributed by atoms with Crippen molar-refractivity contribution in [2.75, 3.05) is 0 Å². The van der Waals surface area contributed by atoms with Crippen molar-refractivity contribution in [3.63, 3.8) is 0 Å². The van der Waals surface area contributed by atoms with Crippen molar-refractivity contribution in [2.45, 2.75) is 23.9 Å². The molecule has 24 heavy (non-hydrogen) atoms. The number of aldehydes is 1. The topological polar surface area (TPSA) is 91.8 Å². The van der Waals surface area contributed by atoms with Crippen LogP contribution in [0.2, 0.25) is 0 Å². The van der Waals surface area contributed by atoms with Crippen LogP contribution in [-0.4, -0.2) is 36.1 Å². The van der Waals surface area contributed by atoms with E-state index >= 15 is 0 Å². The van der Waals surface area contributed by atoms with Gasteiger partial charge in [-0.05, 0) is 17.7 Å². The molecular weight excluding hydrogens is 330 g/mol. The number of hydrogen-bond acceptors (Lipinski definition) is 4. The first-order chi connectivity index (χ1) is 11.4. The molecule has 7 heteroatoms. The second-order valence-electron chi connectivity index (χ2n) is 5.15. The summed E-state index contributed by atoms with van der Waals surface area (Å²) in [7, 11) is -4.02. The Bertz CT molecular complexity index is 790. The fourth-order valence-electron chi connectivity index (χ4n) is 2.27. The predicted molar refractivity (Wildman–Crippen MR) is 87.7 cm³/mol. The molecule has 0 aliphatic heterocycles. The number of aliphatic carboxylic acids is 1. The van der Waals surface area contributed by atoms with E-state index in [1.54, 1.807) is 48.5 Å². The van der Waals surface area contributed by atoms with Crippen molar-refractivity contribution in [3.05, 3.63) is 66.2 Å². The van der Waals surface area contributed by atoms with Crippen molar-refractivity contribution in [1.29, 1.82) is 0 Å². The van der Waals surface area contributed by atoms with Gasteiger partial charge >= 0.3 is 5.97 Å². The van der Waals surface area contributed by atoms with Gasteiger partial charge in [0.1, 0.15) is 6.29 Å². The molecule has 0 spiro atoms. The first-order valence-electron chi connectivity index (χ1n) is 7.23. The molecule has 2 aromatic carbocycles. The first-order valence-corrected chi connectivity index (χ1v) is 8.67. The summed E-state index contributed by atoms with van der Waals surface area (Å²) in [5.74, 6) is -1.24. The molecule has 0 saturated carbocycles. The van der Waals surface area contributed by atoms with Gasteiger partial charge in [-0.2, -0.15) is 4.31 Å². The summed E-state index contributed by atoms with van der Waals surface area (Å²) in [6.07, 6.45) is -0.236. The predicted octanol–water partition coefficient (Wildman–Crippen LogP) is 1.92. The maximum Gasteiger partial charge on any atom is 0.305 e. The lowest BCUT2D eigenvalue weighted by Gasteiger charge is -2.26. The lowest BCUT2D eigenvalue weighted by Crippen LogP contribution is -2.42. The Morgan fingerprint density at radius 2 is 1.58 bits per heavy atom. The molecule has 0 fully saturated rings. The number of sulfonamides is 1. The second-order valence-corrected chi connectivity index (χ2v) is 7.04. The highest BCUT2D eigenvalue weighted by Crippen LogP contribution is 2.21. The average molecular weight is 347 g/mol. The van der Waals surface area contributed by atoms with Gasteiger partial charge in [-0.3, -0.25) is 4.79 Å². The van der Waals surface area contributed by atoms with Crippen LogP contribution in [-0.2, 0) is 26.2 Å². The average Bonchev–Trinajstić information content (AvgIpc) is 2.59. The van der Waals surface area contributed by atoms with E-state index < -0.39 is 28.5 Å². The van der Waals surface area contributed by atoms with Crippen LogP contribution in [0.15, 0.2) is 65.6 Å². The number of carboxylic acid groups (broad SMARTS) is 1. The number of benzene rings is 2. The van der Waals surface area contributed by atoms with Crippen LogP contribution in [0.25, 0.3) is 0 Å². The van der Waals surface area contributed by atoms with E-state index in [0.29, 0.717) is 11.8 Å². The van der Waals surface area contributed by atoms with Crippen molar-refractivity contribution >= 4 is 22.3 Å². The van der Waals surface area contributed by atoms with Crippen molar-refractivity contribution < 1.29 is 23.1 Å². The summed E-state index contributed by atoms with van der Waals surface area (Å²) in [6.45, 7) is -0.0885. The molecule has 0 saturated heterocycles. The molecular formula is C17H17NO5S. The van der Waals surface area contributed by atoms with Crippen LogP contribution in [0.4, 0.5) is 0 Å². The molecule has 2 aromatic rings.